The Morgan fingerprint density at radius 3 is 2.42 bits per heavy atom. The Kier molecular flexibility index (Phi) is 6.71. The largest absolute Gasteiger partial charge is 0.354 e. The lowest BCUT2D eigenvalue weighted by molar-refractivity contribution is -0.135. The van der Waals surface area contributed by atoms with E-state index in [9.17, 15) is 9.59 Å². The molecule has 1 heterocycles. The van der Waals surface area contributed by atoms with Crippen molar-refractivity contribution in [2.24, 2.45) is 11.8 Å². The van der Waals surface area contributed by atoms with Gasteiger partial charge in [0.15, 0.2) is 0 Å². The zero-order chi connectivity index (χ0) is 21.8. The number of carbonyl (C=O) groups is 2. The third kappa shape index (κ3) is 4.67. The van der Waals surface area contributed by atoms with Crippen LogP contribution in [0, 0.1) is 11.8 Å². The highest BCUT2D eigenvalue weighted by Crippen LogP contribution is 2.36. The molecule has 1 aliphatic heterocycles. The van der Waals surface area contributed by atoms with Gasteiger partial charge in [0.2, 0.25) is 11.8 Å². The lowest BCUT2D eigenvalue weighted by Crippen LogP contribution is -2.46. The summed E-state index contributed by atoms with van der Waals surface area (Å²) >= 11 is 0. The van der Waals surface area contributed by atoms with Crippen LogP contribution in [0.3, 0.4) is 0 Å². The third-order valence-electron chi connectivity index (χ3n) is 6.85. The van der Waals surface area contributed by atoms with Crippen molar-refractivity contribution in [1.82, 2.24) is 10.2 Å². The average molecular weight is 420 g/mol. The molecule has 3 atom stereocenters. The van der Waals surface area contributed by atoms with Crippen LogP contribution in [0.5, 0.6) is 0 Å². The van der Waals surface area contributed by atoms with E-state index in [0.29, 0.717) is 6.54 Å². The second-order valence-corrected chi connectivity index (χ2v) is 9.00. The normalized spacial score (nSPS) is 21.6. The smallest absolute Gasteiger partial charge is 0.230 e. The first-order chi connectivity index (χ1) is 15.1. The Bertz CT molecular complexity index is 912. The van der Waals surface area contributed by atoms with E-state index in [-0.39, 0.29) is 29.7 Å². The number of anilines is 1. The molecule has 1 fully saturated rings. The van der Waals surface area contributed by atoms with Crippen molar-refractivity contribution >= 4 is 17.5 Å². The van der Waals surface area contributed by atoms with Crippen LogP contribution in [0.15, 0.2) is 54.6 Å². The van der Waals surface area contributed by atoms with Crippen LogP contribution < -0.4 is 10.2 Å². The van der Waals surface area contributed by atoms with E-state index in [1.54, 1.807) is 0 Å². The highest BCUT2D eigenvalue weighted by atomic mass is 16.2. The fourth-order valence-electron chi connectivity index (χ4n) is 5.11. The van der Waals surface area contributed by atoms with Crippen molar-refractivity contribution < 1.29 is 9.59 Å². The average Bonchev–Trinajstić information content (AvgIpc) is 3.23. The Balaban J connectivity index is 1.45. The Hall–Kier alpha value is -2.66. The number of rotatable bonds is 6. The van der Waals surface area contributed by atoms with E-state index in [1.165, 1.54) is 11.1 Å². The van der Waals surface area contributed by atoms with Crippen LogP contribution in [0.2, 0.25) is 0 Å². The molecule has 0 aromatic heterocycles. The van der Waals surface area contributed by atoms with Gasteiger partial charge in [0.1, 0.15) is 0 Å². The molecule has 1 N–H and O–H groups in total. The number of hydrogen-bond acceptors (Lipinski definition) is 3. The second-order valence-electron chi connectivity index (χ2n) is 9.00. The number of nitrogens with one attached hydrogen (secondary N) is 1. The van der Waals surface area contributed by atoms with Gasteiger partial charge in [0.05, 0.1) is 12.0 Å². The van der Waals surface area contributed by atoms with Gasteiger partial charge in [-0.1, -0.05) is 61.4 Å². The van der Waals surface area contributed by atoms with E-state index in [0.717, 1.165) is 44.3 Å². The molecule has 0 radical (unpaired) electrons. The predicted molar refractivity (Wildman–Crippen MR) is 124 cm³/mol. The summed E-state index contributed by atoms with van der Waals surface area (Å²) in [6.45, 7) is 1.26. The fourth-order valence-corrected chi connectivity index (χ4v) is 5.11. The number of amides is 2. The maximum Gasteiger partial charge on any atom is 0.230 e. The molecule has 2 amide bonds. The highest BCUT2D eigenvalue weighted by Gasteiger charge is 2.39. The standard InChI is InChI=1S/C26H33N3O2/c1-28(2)24(19-10-4-3-5-11-19)18-27-25(30)21-13-7-8-14-22(21)26(31)29-17-16-20-12-6-9-15-23(20)29/h3-6,9-12,15,21-22,24H,7-8,13-14,16-18H2,1-2H3,(H,27,30). The van der Waals surface area contributed by atoms with Gasteiger partial charge >= 0.3 is 0 Å². The molecule has 0 bridgehead atoms. The van der Waals surface area contributed by atoms with Crippen LogP contribution in [-0.4, -0.2) is 43.9 Å². The molecule has 5 nitrogen and oxygen atoms in total. The molecule has 164 valence electrons. The number of fused-ring (bicyclic) bond motifs is 1. The lowest BCUT2D eigenvalue weighted by atomic mass is 9.77. The molecule has 1 aliphatic carbocycles. The third-order valence-corrected chi connectivity index (χ3v) is 6.85. The van der Waals surface area contributed by atoms with Gasteiger partial charge in [-0.3, -0.25) is 9.59 Å². The molecule has 0 spiro atoms. The zero-order valence-corrected chi connectivity index (χ0v) is 18.6. The van der Waals surface area contributed by atoms with Crippen molar-refractivity contribution in [1.29, 1.82) is 0 Å². The first-order valence-corrected chi connectivity index (χ1v) is 11.4. The molecular weight excluding hydrogens is 386 g/mol. The van der Waals surface area contributed by atoms with Gasteiger partial charge in [-0.2, -0.15) is 0 Å². The maximum absolute atomic E-state index is 13.5. The number of nitrogens with zero attached hydrogens (tertiary/aromatic N) is 2. The Morgan fingerprint density at radius 1 is 1.00 bits per heavy atom. The van der Waals surface area contributed by atoms with Gasteiger partial charge in [0, 0.05) is 24.7 Å². The highest BCUT2D eigenvalue weighted by molar-refractivity contribution is 5.99. The van der Waals surface area contributed by atoms with Crippen LogP contribution >= 0.6 is 0 Å². The van der Waals surface area contributed by atoms with E-state index < -0.39 is 0 Å². The molecule has 0 saturated heterocycles. The summed E-state index contributed by atoms with van der Waals surface area (Å²) in [4.78, 5) is 30.8. The summed E-state index contributed by atoms with van der Waals surface area (Å²) in [7, 11) is 4.06. The monoisotopic (exact) mass is 419 g/mol. The quantitative estimate of drug-likeness (QED) is 0.775. The summed E-state index contributed by atoms with van der Waals surface area (Å²) in [5.74, 6) is -0.327. The summed E-state index contributed by atoms with van der Waals surface area (Å²) in [6, 6.07) is 18.5. The van der Waals surface area contributed by atoms with Crippen molar-refractivity contribution in [2.45, 2.75) is 38.1 Å². The fraction of sp³-hybridized carbons (Fsp3) is 0.462. The Morgan fingerprint density at radius 2 is 1.68 bits per heavy atom. The van der Waals surface area contributed by atoms with Crippen LogP contribution in [0.4, 0.5) is 5.69 Å². The van der Waals surface area contributed by atoms with Gasteiger partial charge in [0.25, 0.3) is 0 Å². The molecule has 1 saturated carbocycles. The minimum atomic E-state index is -0.243. The zero-order valence-electron chi connectivity index (χ0n) is 18.6. The van der Waals surface area contributed by atoms with Gasteiger partial charge in [-0.25, -0.2) is 0 Å². The Labute approximate surface area is 185 Å². The predicted octanol–water partition coefficient (Wildman–Crippen LogP) is 3.80. The summed E-state index contributed by atoms with van der Waals surface area (Å²) in [5, 5.41) is 3.18. The molecule has 2 aliphatic rings. The molecule has 2 aromatic carbocycles. The first-order valence-electron chi connectivity index (χ1n) is 11.4. The molecule has 5 heteroatoms. The van der Waals surface area contributed by atoms with Crippen molar-refractivity contribution in [2.75, 3.05) is 32.1 Å². The van der Waals surface area contributed by atoms with Gasteiger partial charge < -0.3 is 15.1 Å². The second kappa shape index (κ2) is 9.65. The number of hydrogen-bond donors (Lipinski definition) is 1. The van der Waals surface area contributed by atoms with Crippen LogP contribution in [0.25, 0.3) is 0 Å². The number of likely N-dealkylation sites (N-methyl/N-ethyl adjacent to an activating group) is 1. The first kappa shape index (κ1) is 21.6. The topological polar surface area (TPSA) is 52.7 Å². The molecule has 31 heavy (non-hydrogen) atoms. The van der Waals surface area contributed by atoms with E-state index >= 15 is 0 Å². The number of carbonyl (C=O) groups excluding carboxylic acids is 2. The summed E-state index contributed by atoms with van der Waals surface area (Å²) < 4.78 is 0. The number of benzene rings is 2. The maximum atomic E-state index is 13.5. The minimum Gasteiger partial charge on any atom is -0.354 e. The molecular formula is C26H33N3O2. The van der Waals surface area contributed by atoms with Gasteiger partial charge in [-0.15, -0.1) is 0 Å². The van der Waals surface area contributed by atoms with Crippen molar-refractivity contribution in [3.63, 3.8) is 0 Å². The van der Waals surface area contributed by atoms with Crippen molar-refractivity contribution in [3.05, 3.63) is 65.7 Å². The minimum absolute atomic E-state index is 0.0216. The van der Waals surface area contributed by atoms with E-state index in [4.69, 9.17) is 0 Å². The molecule has 4 rings (SSSR count). The lowest BCUT2D eigenvalue weighted by Gasteiger charge is -2.33. The number of para-hydroxylation sites is 1. The van der Waals surface area contributed by atoms with Crippen LogP contribution in [-0.2, 0) is 16.0 Å². The van der Waals surface area contributed by atoms with E-state index in [2.05, 4.69) is 28.4 Å². The molecule has 2 aromatic rings. The van der Waals surface area contributed by atoms with E-state index in [1.807, 2.05) is 55.4 Å². The molecule has 3 unspecified atom stereocenters. The summed E-state index contributed by atoms with van der Waals surface area (Å²) in [5.41, 5.74) is 3.43. The van der Waals surface area contributed by atoms with Crippen LogP contribution in [0.1, 0.15) is 42.9 Å². The SMILES string of the molecule is CN(C)C(CNC(=O)C1CCCCC1C(=O)N1CCc2ccccc21)c1ccccc1. The van der Waals surface area contributed by atoms with Gasteiger partial charge in [-0.05, 0) is 50.6 Å². The van der Waals surface area contributed by atoms with Crippen molar-refractivity contribution in [3.8, 4) is 0 Å². The summed E-state index contributed by atoms with van der Waals surface area (Å²) in [6.07, 6.45) is 4.50.